The van der Waals surface area contributed by atoms with Gasteiger partial charge in [-0.1, -0.05) is 30.3 Å². The van der Waals surface area contributed by atoms with E-state index in [2.05, 4.69) is 5.10 Å². The second-order valence-corrected chi connectivity index (χ2v) is 8.22. The van der Waals surface area contributed by atoms with Crippen molar-refractivity contribution in [1.29, 1.82) is 0 Å². The molecule has 3 aromatic rings. The van der Waals surface area contributed by atoms with Gasteiger partial charge in [0, 0.05) is 31.4 Å². The summed E-state index contributed by atoms with van der Waals surface area (Å²) in [5.74, 6) is -0.279. The van der Waals surface area contributed by atoms with E-state index in [1.165, 1.54) is 32.3 Å². The minimum Gasteiger partial charge on any atom is -0.289 e. The van der Waals surface area contributed by atoms with E-state index in [9.17, 15) is 13.2 Å². The van der Waals surface area contributed by atoms with Crippen LogP contribution in [0.3, 0.4) is 0 Å². The molecule has 0 saturated carbocycles. The van der Waals surface area contributed by atoms with Crippen molar-refractivity contribution >= 4 is 21.9 Å². The highest BCUT2D eigenvalue weighted by molar-refractivity contribution is 7.89. The van der Waals surface area contributed by atoms with Crippen molar-refractivity contribution in [3.63, 3.8) is 0 Å². The number of allylic oxidation sites excluding steroid dienone is 1. The number of ketones is 1. The zero-order valence-corrected chi connectivity index (χ0v) is 15.8. The first-order valence-corrected chi connectivity index (χ1v) is 9.67. The summed E-state index contributed by atoms with van der Waals surface area (Å²) >= 11 is 0. The van der Waals surface area contributed by atoms with Gasteiger partial charge in [-0.05, 0) is 36.4 Å². The Morgan fingerprint density at radius 2 is 1.81 bits per heavy atom. The maximum absolute atomic E-state index is 12.4. The zero-order chi connectivity index (χ0) is 19.4. The first kappa shape index (κ1) is 18.8. The molecule has 0 atom stereocenters. The number of carbonyl (C=O) groups is 1. The maximum Gasteiger partial charge on any atom is 0.242 e. The number of benzene rings is 2. The van der Waals surface area contributed by atoms with E-state index in [0.29, 0.717) is 5.56 Å². The number of rotatable bonds is 6. The molecule has 0 radical (unpaired) electrons. The monoisotopic (exact) mass is 381 g/mol. The Balaban J connectivity index is 1.79. The molecule has 0 N–H and O–H groups in total. The lowest BCUT2D eigenvalue weighted by atomic mass is 10.1. The molecular formula is C20H19N3O3S. The van der Waals surface area contributed by atoms with Gasteiger partial charge < -0.3 is 0 Å². The molecule has 1 aromatic heterocycles. The maximum atomic E-state index is 12.4. The summed E-state index contributed by atoms with van der Waals surface area (Å²) in [6.45, 7) is 0. The van der Waals surface area contributed by atoms with E-state index < -0.39 is 10.0 Å². The summed E-state index contributed by atoms with van der Waals surface area (Å²) in [6, 6.07) is 15.6. The van der Waals surface area contributed by atoms with Gasteiger partial charge in [-0.2, -0.15) is 5.10 Å². The Labute approximate surface area is 158 Å². The molecule has 27 heavy (non-hydrogen) atoms. The Morgan fingerprint density at radius 1 is 1.07 bits per heavy atom. The van der Waals surface area contributed by atoms with E-state index in [1.54, 1.807) is 29.1 Å². The molecule has 0 saturated heterocycles. The number of hydrogen-bond acceptors (Lipinski definition) is 4. The molecular weight excluding hydrogens is 362 g/mol. The molecule has 2 aromatic carbocycles. The number of aromatic nitrogens is 2. The molecule has 0 bridgehead atoms. The van der Waals surface area contributed by atoms with Gasteiger partial charge in [0.15, 0.2) is 5.78 Å². The molecule has 6 nitrogen and oxygen atoms in total. The normalized spacial score (nSPS) is 12.0. The summed E-state index contributed by atoms with van der Waals surface area (Å²) in [5.41, 5.74) is 2.00. The summed E-state index contributed by atoms with van der Waals surface area (Å²) in [6.07, 6.45) is 6.53. The molecule has 0 aliphatic heterocycles. The fourth-order valence-corrected chi connectivity index (χ4v) is 3.38. The van der Waals surface area contributed by atoms with E-state index >= 15 is 0 Å². The summed E-state index contributed by atoms with van der Waals surface area (Å²) in [7, 11) is -0.679. The van der Waals surface area contributed by atoms with Crippen molar-refractivity contribution in [3.8, 4) is 5.69 Å². The number of nitrogens with zero attached hydrogens (tertiary/aromatic N) is 3. The third-order valence-corrected chi connectivity index (χ3v) is 5.76. The van der Waals surface area contributed by atoms with Gasteiger partial charge in [0.2, 0.25) is 10.0 Å². The second-order valence-electron chi connectivity index (χ2n) is 6.07. The van der Waals surface area contributed by atoms with Crippen LogP contribution in [0.15, 0.2) is 78.0 Å². The van der Waals surface area contributed by atoms with Crippen molar-refractivity contribution < 1.29 is 13.2 Å². The third kappa shape index (κ3) is 4.21. The Hall–Kier alpha value is -3.03. The molecule has 3 rings (SSSR count). The van der Waals surface area contributed by atoms with E-state index in [-0.39, 0.29) is 10.7 Å². The predicted molar refractivity (Wildman–Crippen MR) is 104 cm³/mol. The Kier molecular flexibility index (Phi) is 5.34. The summed E-state index contributed by atoms with van der Waals surface area (Å²) < 4.78 is 27.3. The van der Waals surface area contributed by atoms with Crippen LogP contribution < -0.4 is 0 Å². The highest BCUT2D eigenvalue weighted by Gasteiger charge is 2.18. The standard InChI is InChI=1S/C20H19N3O3S/c1-22(2)27(25,26)19-10-6-7-17(13-19)20(24)12-11-16-14-21-23(15-16)18-8-4-3-5-9-18/h3-15H,1-2H3. The van der Waals surface area contributed by atoms with Gasteiger partial charge in [-0.25, -0.2) is 17.4 Å². The quantitative estimate of drug-likeness (QED) is 0.486. The molecule has 0 aliphatic carbocycles. The number of carbonyl (C=O) groups excluding carboxylic acids is 1. The number of para-hydroxylation sites is 1. The van der Waals surface area contributed by atoms with E-state index in [4.69, 9.17) is 0 Å². The van der Waals surface area contributed by atoms with Gasteiger partial charge in [0.05, 0.1) is 16.8 Å². The Morgan fingerprint density at radius 3 is 2.52 bits per heavy atom. The predicted octanol–water partition coefficient (Wildman–Crippen LogP) is 3.02. The molecule has 0 fully saturated rings. The smallest absolute Gasteiger partial charge is 0.242 e. The lowest BCUT2D eigenvalue weighted by molar-refractivity contribution is 0.104. The van der Waals surface area contributed by atoms with Crippen LogP contribution in [0, 0.1) is 0 Å². The molecule has 0 spiro atoms. The van der Waals surface area contributed by atoms with Crippen LogP contribution in [0.4, 0.5) is 0 Å². The molecule has 0 amide bonds. The summed E-state index contributed by atoms with van der Waals surface area (Å²) in [4.78, 5) is 12.5. The first-order valence-electron chi connectivity index (χ1n) is 8.23. The molecule has 7 heteroatoms. The van der Waals surface area contributed by atoms with Crippen LogP contribution in [-0.2, 0) is 10.0 Å². The SMILES string of the molecule is CN(C)S(=O)(=O)c1cccc(C(=O)C=Cc2cnn(-c3ccccc3)c2)c1. The third-order valence-electron chi connectivity index (χ3n) is 3.95. The van der Waals surface area contributed by atoms with Gasteiger partial charge in [0.25, 0.3) is 0 Å². The molecule has 0 aliphatic rings. The topological polar surface area (TPSA) is 72.3 Å². The van der Waals surface area contributed by atoms with Crippen molar-refractivity contribution in [2.45, 2.75) is 4.90 Å². The summed E-state index contributed by atoms with van der Waals surface area (Å²) in [5, 5.41) is 4.27. The molecule has 138 valence electrons. The van der Waals surface area contributed by atoms with Gasteiger partial charge >= 0.3 is 0 Å². The van der Waals surface area contributed by atoms with Crippen molar-refractivity contribution in [1.82, 2.24) is 14.1 Å². The fraction of sp³-hybridized carbons (Fsp3) is 0.100. The number of hydrogen-bond donors (Lipinski definition) is 0. The average Bonchev–Trinajstić information content (AvgIpc) is 3.16. The van der Waals surface area contributed by atoms with Gasteiger partial charge in [-0.15, -0.1) is 0 Å². The van der Waals surface area contributed by atoms with Crippen LogP contribution in [0.25, 0.3) is 11.8 Å². The first-order chi connectivity index (χ1) is 12.9. The highest BCUT2D eigenvalue weighted by atomic mass is 32.2. The van der Waals surface area contributed by atoms with Crippen molar-refractivity contribution in [3.05, 3.63) is 84.2 Å². The van der Waals surface area contributed by atoms with Crippen LogP contribution in [-0.4, -0.2) is 42.4 Å². The molecule has 0 unspecified atom stereocenters. The van der Waals surface area contributed by atoms with Crippen LogP contribution in [0.5, 0.6) is 0 Å². The van der Waals surface area contributed by atoms with Crippen LogP contribution in [0.2, 0.25) is 0 Å². The Bertz CT molecular complexity index is 1080. The highest BCUT2D eigenvalue weighted by Crippen LogP contribution is 2.16. The lowest BCUT2D eigenvalue weighted by Gasteiger charge is -2.11. The van der Waals surface area contributed by atoms with E-state index in [1.807, 2.05) is 36.5 Å². The largest absolute Gasteiger partial charge is 0.289 e. The zero-order valence-electron chi connectivity index (χ0n) is 15.0. The second kappa shape index (κ2) is 7.69. The molecule has 1 heterocycles. The fourth-order valence-electron chi connectivity index (χ4n) is 2.43. The minimum atomic E-state index is -3.58. The van der Waals surface area contributed by atoms with E-state index in [0.717, 1.165) is 15.6 Å². The van der Waals surface area contributed by atoms with Crippen LogP contribution in [0.1, 0.15) is 15.9 Å². The number of sulfonamides is 1. The van der Waals surface area contributed by atoms with Gasteiger partial charge in [-0.3, -0.25) is 4.79 Å². The van der Waals surface area contributed by atoms with Crippen molar-refractivity contribution in [2.75, 3.05) is 14.1 Å². The van der Waals surface area contributed by atoms with Crippen molar-refractivity contribution in [2.24, 2.45) is 0 Å². The minimum absolute atomic E-state index is 0.0867. The van der Waals surface area contributed by atoms with Crippen LogP contribution >= 0.6 is 0 Å². The lowest BCUT2D eigenvalue weighted by Crippen LogP contribution is -2.22. The van der Waals surface area contributed by atoms with Gasteiger partial charge in [0.1, 0.15) is 0 Å². The average molecular weight is 381 g/mol.